The van der Waals surface area contributed by atoms with E-state index < -0.39 is 84.4 Å². The molecule has 3 rings (SSSR count). The van der Waals surface area contributed by atoms with Crippen molar-refractivity contribution in [2.24, 2.45) is 0 Å². The summed E-state index contributed by atoms with van der Waals surface area (Å²) in [5, 5.41) is 19.1. The Balaban J connectivity index is 2.32. The third-order valence-corrected chi connectivity index (χ3v) is 4.92. The molecule has 19 heteroatoms. The maximum Gasteiger partial charge on any atom is 0.266 e. The van der Waals surface area contributed by atoms with Gasteiger partial charge in [-0.1, -0.05) is 0 Å². The van der Waals surface area contributed by atoms with E-state index in [1.54, 1.807) is 0 Å². The van der Waals surface area contributed by atoms with Gasteiger partial charge in [0.1, 0.15) is 22.5 Å². The number of hydrogen-bond acceptors (Lipinski definition) is 16. The van der Waals surface area contributed by atoms with Gasteiger partial charge in [0.15, 0.2) is 17.3 Å². The fraction of sp³-hybridized carbons (Fsp3) is 0. The molecule has 3 aromatic rings. The van der Waals surface area contributed by atoms with Crippen molar-refractivity contribution in [3.8, 4) is 40.1 Å². The monoisotopic (exact) mass is 548 g/mol. The van der Waals surface area contributed by atoms with Crippen LogP contribution in [0.1, 0.15) is 0 Å². The lowest BCUT2D eigenvalue weighted by Gasteiger charge is -2.24. The molecule has 11 N–H and O–H groups in total. The second-order valence-corrected chi connectivity index (χ2v) is 9.56. The van der Waals surface area contributed by atoms with Crippen molar-refractivity contribution in [1.29, 1.82) is 0 Å². The van der Waals surface area contributed by atoms with Gasteiger partial charge in [0.2, 0.25) is 11.2 Å². The first kappa shape index (κ1) is 26.0. The van der Waals surface area contributed by atoms with Gasteiger partial charge < -0.3 is 27.2 Å². The molecule has 190 valence electrons. The molecule has 2 aromatic carbocycles. The summed E-state index contributed by atoms with van der Waals surface area (Å²) in [7, 11) is 0. The molecule has 0 fully saturated rings. The molecule has 34 heavy (non-hydrogen) atoms. The van der Waals surface area contributed by atoms with E-state index in [1.807, 2.05) is 0 Å². The van der Waals surface area contributed by atoms with Crippen LogP contribution >= 0.6 is 33.5 Å². The van der Waals surface area contributed by atoms with Crippen molar-refractivity contribution in [3.05, 3.63) is 40.6 Å². The highest BCUT2D eigenvalue weighted by atomic mass is 32.3. The largest absolute Gasteiger partial charge is 0.508 e. The van der Waals surface area contributed by atoms with Gasteiger partial charge in [-0.2, -0.15) is 0 Å². The van der Waals surface area contributed by atoms with Gasteiger partial charge in [-0.3, -0.25) is 45.8 Å². The average Bonchev–Trinajstić information content (AvgIpc) is 2.61. The predicted molar refractivity (Wildman–Crippen MR) is 120 cm³/mol. The number of fused-ring (bicyclic) bond motifs is 1. The van der Waals surface area contributed by atoms with E-state index in [2.05, 4.69) is 12.5 Å². The van der Waals surface area contributed by atoms with E-state index in [0.29, 0.717) is 6.07 Å². The summed E-state index contributed by atoms with van der Waals surface area (Å²) in [5.74, 6) is -4.81. The molecule has 0 saturated carbocycles. The summed E-state index contributed by atoms with van der Waals surface area (Å²) in [5.41, 5.74) is -2.08. The first-order valence-corrected chi connectivity index (χ1v) is 12.5. The van der Waals surface area contributed by atoms with Crippen LogP contribution in [0.2, 0.25) is 0 Å². The molecule has 0 aliphatic carbocycles. The van der Waals surface area contributed by atoms with E-state index in [-0.39, 0.29) is 5.56 Å². The minimum Gasteiger partial charge on any atom is -0.508 e. The second kappa shape index (κ2) is 8.84. The Morgan fingerprint density at radius 1 is 0.706 bits per heavy atom. The van der Waals surface area contributed by atoms with Crippen LogP contribution in [0.5, 0.6) is 28.7 Å². The number of hydrogen-bond donors (Lipinski definition) is 11. The van der Waals surface area contributed by atoms with Crippen molar-refractivity contribution in [2.75, 3.05) is 0 Å². The number of benzene rings is 2. The van der Waals surface area contributed by atoms with Gasteiger partial charge in [0.25, 0.3) is 33.5 Å². The quantitative estimate of drug-likeness (QED) is 0.195. The summed E-state index contributed by atoms with van der Waals surface area (Å²) >= 11 is -14.3. The first-order chi connectivity index (χ1) is 15.4. The first-order valence-electron chi connectivity index (χ1n) is 8.21. The minimum atomic E-state index is -4.85. The van der Waals surface area contributed by atoms with Crippen LogP contribution < -0.4 is 18.0 Å². The molecule has 0 spiro atoms. The van der Waals surface area contributed by atoms with Crippen LogP contribution in [0.15, 0.2) is 39.5 Å². The van der Waals surface area contributed by atoms with Crippen LogP contribution in [0.4, 0.5) is 0 Å². The van der Waals surface area contributed by atoms with Gasteiger partial charge >= 0.3 is 0 Å². The van der Waals surface area contributed by atoms with Gasteiger partial charge in [0.05, 0.1) is 0 Å². The molecule has 0 saturated heterocycles. The number of phenolic OH excluding ortho intramolecular Hbond substituents is 2. The van der Waals surface area contributed by atoms with Crippen molar-refractivity contribution in [2.45, 2.75) is 0 Å². The topological polar surface area (TPSA) is 280 Å². The lowest BCUT2D eigenvalue weighted by Crippen LogP contribution is -2.14. The van der Waals surface area contributed by atoms with E-state index in [4.69, 9.17) is 18.1 Å². The van der Waals surface area contributed by atoms with Crippen molar-refractivity contribution >= 4 is 44.4 Å². The molecule has 0 bridgehead atoms. The molecule has 0 atom stereocenters. The second-order valence-electron chi connectivity index (χ2n) is 6.24. The maximum atomic E-state index is 12.9. The molecular weight excluding hydrogens is 532 g/mol. The molecular formula is C15H16O16S3. The van der Waals surface area contributed by atoms with Crippen molar-refractivity contribution in [1.82, 2.24) is 0 Å². The molecule has 1 aromatic heterocycles. The van der Waals surface area contributed by atoms with Crippen molar-refractivity contribution < 1.29 is 68.2 Å². The minimum absolute atomic E-state index is 0.360. The Labute approximate surface area is 193 Å². The van der Waals surface area contributed by atoms with Crippen LogP contribution in [0.25, 0.3) is 22.3 Å². The fourth-order valence-electron chi connectivity index (χ4n) is 2.67. The fourth-order valence-corrected chi connectivity index (χ4v) is 3.79. The normalized spacial score (nSPS) is 14.0. The van der Waals surface area contributed by atoms with Crippen LogP contribution in [0, 0.1) is 0 Å². The Kier molecular flexibility index (Phi) is 6.75. The van der Waals surface area contributed by atoms with E-state index >= 15 is 0 Å². The van der Waals surface area contributed by atoms with Gasteiger partial charge in [-0.15, -0.1) is 0 Å². The number of rotatable bonds is 7. The molecule has 16 nitrogen and oxygen atoms in total. The number of aromatic hydroxyl groups is 2. The lowest BCUT2D eigenvalue weighted by atomic mass is 10.1. The van der Waals surface area contributed by atoms with E-state index in [9.17, 15) is 42.3 Å². The SMILES string of the molecule is O=c1c(OS(O)(O)O)c(-c2ccc(OS(O)(O)O)c(OS(O)(O)O)c2)oc2cc(O)cc(O)c12. The summed E-state index contributed by atoms with van der Waals surface area (Å²) in [6.45, 7) is 0. The third-order valence-electron chi connectivity index (χ3n) is 3.72. The van der Waals surface area contributed by atoms with Crippen LogP contribution in [-0.4, -0.2) is 51.2 Å². The summed E-state index contributed by atoms with van der Waals surface area (Å²) in [6.07, 6.45) is 0. The Bertz CT molecular complexity index is 1290. The highest BCUT2D eigenvalue weighted by Gasteiger charge is 2.29. The van der Waals surface area contributed by atoms with Gasteiger partial charge in [0, 0.05) is 17.7 Å². The van der Waals surface area contributed by atoms with Crippen molar-refractivity contribution in [3.63, 3.8) is 0 Å². The molecule has 0 aliphatic heterocycles. The Morgan fingerprint density at radius 2 is 1.26 bits per heavy atom. The predicted octanol–water partition coefficient (Wildman–Crippen LogP) is 4.42. The van der Waals surface area contributed by atoms with Gasteiger partial charge in [-0.25, -0.2) is 0 Å². The molecule has 1 heterocycles. The summed E-state index contributed by atoms with van der Waals surface area (Å²) < 4.78 is 102. The average molecular weight is 548 g/mol. The third kappa shape index (κ3) is 6.26. The molecule has 0 aliphatic rings. The summed E-state index contributed by atoms with van der Waals surface area (Å²) in [4.78, 5) is 12.9. The standard InChI is InChI=1S/C15H16O16S3/c16-7-4-8(17)12-11(5-7)28-14(15(13(12)18)31-34(25,26)27)6-1-2-9(29-32(19,20)21)10(3-6)30-33(22,23)24/h1-5,16-17,19-27H. The van der Waals surface area contributed by atoms with E-state index in [0.717, 1.165) is 24.3 Å². The zero-order valence-corrected chi connectivity index (χ0v) is 18.5. The van der Waals surface area contributed by atoms with Crippen LogP contribution in [0.3, 0.4) is 0 Å². The van der Waals surface area contributed by atoms with Crippen LogP contribution in [-0.2, 0) is 0 Å². The zero-order chi connectivity index (χ0) is 25.6. The molecule has 0 radical (unpaired) electrons. The highest BCUT2D eigenvalue weighted by Crippen LogP contribution is 2.48. The lowest BCUT2D eigenvalue weighted by molar-refractivity contribution is 0.268. The highest BCUT2D eigenvalue weighted by molar-refractivity contribution is 8.16. The van der Waals surface area contributed by atoms with E-state index in [1.165, 1.54) is 0 Å². The number of phenols is 2. The smallest absolute Gasteiger partial charge is 0.266 e. The molecule has 0 amide bonds. The Morgan fingerprint density at radius 3 is 1.82 bits per heavy atom. The zero-order valence-electron chi connectivity index (χ0n) is 16.1. The van der Waals surface area contributed by atoms with Gasteiger partial charge in [-0.05, 0) is 18.2 Å². The maximum absolute atomic E-state index is 12.9. The Hall–Kier alpha value is -2.66. The summed E-state index contributed by atoms with van der Waals surface area (Å²) in [6, 6.07) is 4.12. The molecule has 0 unspecified atom stereocenters.